The molecule has 0 fully saturated rings. The normalized spacial score (nSPS) is 10.4. The number of rotatable bonds is 3. The number of aromatic nitrogens is 3. The highest BCUT2D eigenvalue weighted by Crippen LogP contribution is 2.06. The zero-order valence-electron chi connectivity index (χ0n) is 9.01. The first-order valence-electron chi connectivity index (χ1n) is 4.73. The van der Waals surface area contributed by atoms with Crippen molar-refractivity contribution in [3.63, 3.8) is 0 Å². The van der Waals surface area contributed by atoms with Gasteiger partial charge in [-0.3, -0.25) is 4.68 Å². The summed E-state index contributed by atoms with van der Waals surface area (Å²) in [5.74, 6) is 0.265. The fourth-order valence-corrected chi connectivity index (χ4v) is 1.24. The van der Waals surface area contributed by atoms with Crippen molar-refractivity contribution >= 4 is 5.97 Å². The summed E-state index contributed by atoms with van der Waals surface area (Å²) in [4.78, 5) is 11.5. The van der Waals surface area contributed by atoms with Crippen LogP contribution in [0.4, 0.5) is 0 Å². The average molecular weight is 221 g/mol. The van der Waals surface area contributed by atoms with Crippen LogP contribution in [-0.2, 0) is 18.4 Å². The summed E-state index contributed by atoms with van der Waals surface area (Å²) in [6.45, 7) is 1.88. The number of aryl methyl sites for hydroxylation is 2. The van der Waals surface area contributed by atoms with E-state index >= 15 is 0 Å². The third kappa shape index (κ3) is 2.28. The molecule has 0 spiro atoms. The van der Waals surface area contributed by atoms with Crippen LogP contribution in [-0.4, -0.2) is 20.9 Å². The number of carbonyl (C=O) groups is 1. The lowest BCUT2D eigenvalue weighted by Crippen LogP contribution is -2.04. The van der Waals surface area contributed by atoms with Crippen molar-refractivity contribution in [2.45, 2.75) is 13.5 Å². The predicted octanol–water partition coefficient (Wildman–Crippen LogP) is 1.07. The highest BCUT2D eigenvalue weighted by Gasteiger charge is 2.10. The van der Waals surface area contributed by atoms with Gasteiger partial charge in [0.05, 0.1) is 11.8 Å². The molecule has 0 aliphatic carbocycles. The molecule has 16 heavy (non-hydrogen) atoms. The van der Waals surface area contributed by atoms with Crippen molar-refractivity contribution < 1.29 is 14.1 Å². The molecule has 0 aliphatic rings. The summed E-state index contributed by atoms with van der Waals surface area (Å²) in [7, 11) is 1.73. The molecule has 2 aromatic heterocycles. The molecule has 0 unspecified atom stereocenters. The van der Waals surface area contributed by atoms with Crippen LogP contribution in [0.2, 0.25) is 0 Å². The Kier molecular flexibility index (Phi) is 2.72. The Morgan fingerprint density at radius 3 is 3.00 bits per heavy atom. The lowest BCUT2D eigenvalue weighted by atomic mass is 10.3. The second kappa shape index (κ2) is 4.18. The van der Waals surface area contributed by atoms with E-state index in [0.717, 1.165) is 0 Å². The minimum absolute atomic E-state index is 0.102. The molecule has 0 aliphatic heterocycles. The van der Waals surface area contributed by atoms with Crippen molar-refractivity contribution in [2.75, 3.05) is 0 Å². The Balaban J connectivity index is 1.93. The lowest BCUT2D eigenvalue weighted by Gasteiger charge is -1.98. The molecular formula is C10H11N3O3. The quantitative estimate of drug-likeness (QED) is 0.725. The maximum absolute atomic E-state index is 11.5. The van der Waals surface area contributed by atoms with E-state index in [9.17, 15) is 4.79 Å². The molecule has 2 aromatic rings. The topological polar surface area (TPSA) is 70.2 Å². The van der Waals surface area contributed by atoms with Gasteiger partial charge in [0, 0.05) is 19.3 Å². The standard InChI is InChI=1S/C10H11N3O3/c1-7-3-9(12-16-7)6-15-10(14)8-4-11-13(2)5-8/h3-5H,6H2,1-2H3. The van der Waals surface area contributed by atoms with Crippen LogP contribution in [0.3, 0.4) is 0 Å². The fourth-order valence-electron chi connectivity index (χ4n) is 1.24. The second-order valence-electron chi connectivity index (χ2n) is 3.41. The largest absolute Gasteiger partial charge is 0.455 e. The second-order valence-corrected chi connectivity index (χ2v) is 3.41. The molecule has 0 N–H and O–H groups in total. The first kappa shape index (κ1) is 10.4. The van der Waals surface area contributed by atoms with Crippen molar-refractivity contribution in [1.29, 1.82) is 0 Å². The van der Waals surface area contributed by atoms with Crippen LogP contribution in [0, 0.1) is 6.92 Å². The number of esters is 1. The van der Waals surface area contributed by atoms with Gasteiger partial charge in [-0.25, -0.2) is 4.79 Å². The Hall–Kier alpha value is -2.11. The van der Waals surface area contributed by atoms with E-state index in [0.29, 0.717) is 17.0 Å². The van der Waals surface area contributed by atoms with Gasteiger partial charge in [0.15, 0.2) is 0 Å². The van der Waals surface area contributed by atoms with E-state index in [-0.39, 0.29) is 6.61 Å². The van der Waals surface area contributed by atoms with Gasteiger partial charge in [0.2, 0.25) is 0 Å². The van der Waals surface area contributed by atoms with E-state index in [2.05, 4.69) is 10.3 Å². The highest BCUT2D eigenvalue weighted by atomic mass is 16.5. The van der Waals surface area contributed by atoms with Crippen molar-refractivity contribution in [2.24, 2.45) is 7.05 Å². The van der Waals surface area contributed by atoms with Gasteiger partial charge in [0.1, 0.15) is 18.1 Å². The molecule has 0 bridgehead atoms. The monoisotopic (exact) mass is 221 g/mol. The summed E-state index contributed by atoms with van der Waals surface area (Å²) < 4.78 is 11.4. The van der Waals surface area contributed by atoms with Gasteiger partial charge in [-0.1, -0.05) is 5.16 Å². The van der Waals surface area contributed by atoms with Gasteiger partial charge in [-0.15, -0.1) is 0 Å². The third-order valence-electron chi connectivity index (χ3n) is 1.97. The third-order valence-corrected chi connectivity index (χ3v) is 1.97. The Morgan fingerprint density at radius 1 is 1.62 bits per heavy atom. The molecule has 6 nitrogen and oxygen atoms in total. The van der Waals surface area contributed by atoms with E-state index < -0.39 is 5.97 Å². The van der Waals surface area contributed by atoms with Gasteiger partial charge >= 0.3 is 5.97 Å². The molecule has 84 valence electrons. The number of ether oxygens (including phenoxy) is 1. The van der Waals surface area contributed by atoms with Crippen LogP contribution < -0.4 is 0 Å². The van der Waals surface area contributed by atoms with Gasteiger partial charge in [-0.2, -0.15) is 5.10 Å². The summed E-state index contributed by atoms with van der Waals surface area (Å²) >= 11 is 0. The van der Waals surface area contributed by atoms with E-state index in [1.54, 1.807) is 26.2 Å². The summed E-state index contributed by atoms with van der Waals surface area (Å²) in [5.41, 5.74) is 1.01. The number of carbonyl (C=O) groups excluding carboxylic acids is 1. The Morgan fingerprint density at radius 2 is 2.44 bits per heavy atom. The first-order chi connectivity index (χ1) is 7.65. The fraction of sp³-hybridized carbons (Fsp3) is 0.300. The molecule has 2 heterocycles. The van der Waals surface area contributed by atoms with Crippen LogP contribution in [0.5, 0.6) is 0 Å². The summed E-state index contributed by atoms with van der Waals surface area (Å²) in [5, 5.41) is 7.59. The first-order valence-corrected chi connectivity index (χ1v) is 4.73. The smallest absolute Gasteiger partial charge is 0.341 e. The minimum Gasteiger partial charge on any atom is -0.455 e. The molecule has 0 saturated heterocycles. The highest BCUT2D eigenvalue weighted by molar-refractivity contribution is 5.88. The maximum Gasteiger partial charge on any atom is 0.341 e. The van der Waals surface area contributed by atoms with Crippen molar-refractivity contribution in [3.8, 4) is 0 Å². The predicted molar refractivity (Wildman–Crippen MR) is 53.6 cm³/mol. The van der Waals surface area contributed by atoms with Gasteiger partial charge in [0.25, 0.3) is 0 Å². The van der Waals surface area contributed by atoms with E-state index in [1.165, 1.54) is 10.9 Å². The van der Waals surface area contributed by atoms with Crippen molar-refractivity contribution in [3.05, 3.63) is 35.5 Å². The van der Waals surface area contributed by atoms with Crippen LogP contribution in [0.25, 0.3) is 0 Å². The Labute approximate surface area is 91.8 Å². The minimum atomic E-state index is -0.422. The molecule has 0 radical (unpaired) electrons. The lowest BCUT2D eigenvalue weighted by molar-refractivity contribution is 0.0464. The molecule has 0 amide bonds. The molecular weight excluding hydrogens is 210 g/mol. The van der Waals surface area contributed by atoms with Crippen LogP contribution in [0.1, 0.15) is 21.8 Å². The zero-order chi connectivity index (χ0) is 11.5. The average Bonchev–Trinajstić information content (AvgIpc) is 2.84. The Bertz CT molecular complexity index is 501. The summed E-state index contributed by atoms with van der Waals surface area (Å²) in [6, 6.07) is 1.72. The van der Waals surface area contributed by atoms with Gasteiger partial charge < -0.3 is 9.26 Å². The maximum atomic E-state index is 11.5. The number of hydrogen-bond donors (Lipinski definition) is 0. The zero-order valence-corrected chi connectivity index (χ0v) is 9.01. The van der Waals surface area contributed by atoms with Crippen molar-refractivity contribution in [1.82, 2.24) is 14.9 Å². The molecule has 0 saturated carbocycles. The van der Waals surface area contributed by atoms with Crippen LogP contribution >= 0.6 is 0 Å². The molecule has 0 atom stereocenters. The molecule has 6 heteroatoms. The molecule has 2 rings (SSSR count). The van der Waals surface area contributed by atoms with Crippen LogP contribution in [0.15, 0.2) is 23.0 Å². The molecule has 0 aromatic carbocycles. The van der Waals surface area contributed by atoms with E-state index in [1.807, 2.05) is 0 Å². The van der Waals surface area contributed by atoms with E-state index in [4.69, 9.17) is 9.26 Å². The number of hydrogen-bond acceptors (Lipinski definition) is 5. The summed E-state index contributed by atoms with van der Waals surface area (Å²) in [6.07, 6.45) is 3.05. The number of nitrogens with zero attached hydrogens (tertiary/aromatic N) is 3. The SMILES string of the molecule is Cc1cc(COC(=O)c2cnn(C)c2)no1. The van der Waals surface area contributed by atoms with Gasteiger partial charge in [-0.05, 0) is 6.92 Å².